The van der Waals surface area contributed by atoms with E-state index in [4.69, 9.17) is 0 Å². The van der Waals surface area contributed by atoms with Gasteiger partial charge in [0, 0.05) is 26.6 Å². The molecule has 0 N–H and O–H groups in total. The van der Waals surface area contributed by atoms with Gasteiger partial charge in [0.05, 0.1) is 0 Å². The molecule has 68 valence electrons. The summed E-state index contributed by atoms with van der Waals surface area (Å²) in [6.45, 7) is 0. The van der Waals surface area contributed by atoms with Crippen LogP contribution < -0.4 is 0 Å². The fourth-order valence-electron chi connectivity index (χ4n) is 2.08. The maximum atomic E-state index is 2.22. The van der Waals surface area contributed by atoms with Crippen LogP contribution in [-0.4, -0.2) is 26.6 Å². The molecule has 0 heterocycles. The van der Waals surface area contributed by atoms with E-state index in [9.17, 15) is 0 Å². The molecule has 0 spiro atoms. The molecule has 2 aromatic rings. The van der Waals surface area contributed by atoms with Gasteiger partial charge in [-0.2, -0.15) is 0 Å². The average Bonchev–Trinajstić information content (AvgIpc) is 2.56. The molecule has 0 nitrogen and oxygen atoms in total. The topological polar surface area (TPSA) is 0 Å². The maximum Gasteiger partial charge on any atom is 0 e. The molecular formula is C13H10Po. The maximum absolute atomic E-state index is 2.22. The van der Waals surface area contributed by atoms with Gasteiger partial charge in [-0.15, -0.1) is 0 Å². The first-order valence-corrected chi connectivity index (χ1v) is 4.61. The molecule has 2 radical (unpaired) electrons. The molecule has 0 amide bonds. The molecular weight excluding hydrogens is 365 g/mol. The van der Waals surface area contributed by atoms with E-state index in [-0.39, 0.29) is 26.6 Å². The van der Waals surface area contributed by atoms with Crippen molar-refractivity contribution in [2.24, 2.45) is 0 Å². The van der Waals surface area contributed by atoms with Gasteiger partial charge >= 0.3 is 0 Å². The van der Waals surface area contributed by atoms with Gasteiger partial charge in [-0.25, -0.2) is 0 Å². The summed E-state index contributed by atoms with van der Waals surface area (Å²) < 4.78 is 0. The molecule has 1 aliphatic carbocycles. The zero-order chi connectivity index (χ0) is 8.67. The zero-order valence-electron chi connectivity index (χ0n) is 7.73. The van der Waals surface area contributed by atoms with Gasteiger partial charge in [0.25, 0.3) is 0 Å². The predicted molar refractivity (Wildman–Crippen MR) is 60.4 cm³/mol. The summed E-state index contributed by atoms with van der Waals surface area (Å²) in [5, 5.41) is 0. The van der Waals surface area contributed by atoms with Gasteiger partial charge in [-0.05, 0) is 28.7 Å². The minimum atomic E-state index is 0. The number of rotatable bonds is 0. The first-order valence-electron chi connectivity index (χ1n) is 4.61. The molecule has 0 aromatic heterocycles. The molecule has 2 aromatic carbocycles. The molecule has 0 unspecified atom stereocenters. The number of fused-ring (bicyclic) bond motifs is 3. The summed E-state index contributed by atoms with van der Waals surface area (Å²) in [6, 6.07) is 17.3. The van der Waals surface area contributed by atoms with Crippen molar-refractivity contribution >= 4 is 26.6 Å². The summed E-state index contributed by atoms with van der Waals surface area (Å²) >= 11 is 0. The summed E-state index contributed by atoms with van der Waals surface area (Å²) in [4.78, 5) is 0. The SMILES string of the molecule is [Po].c1ccc2c(c1)Cc1ccccc1-2. The van der Waals surface area contributed by atoms with Gasteiger partial charge in [0.2, 0.25) is 0 Å². The van der Waals surface area contributed by atoms with Gasteiger partial charge in [-0.3, -0.25) is 0 Å². The van der Waals surface area contributed by atoms with Crippen LogP contribution in [0.2, 0.25) is 0 Å². The fraction of sp³-hybridized carbons (Fsp3) is 0.0769. The van der Waals surface area contributed by atoms with E-state index >= 15 is 0 Å². The van der Waals surface area contributed by atoms with E-state index in [1.165, 1.54) is 22.3 Å². The first kappa shape index (κ1) is 9.87. The largest absolute Gasteiger partial charge is 0.0619 e. The van der Waals surface area contributed by atoms with E-state index in [0.717, 1.165) is 6.42 Å². The summed E-state index contributed by atoms with van der Waals surface area (Å²) in [6.07, 6.45) is 1.10. The second-order valence-corrected chi connectivity index (χ2v) is 3.49. The Labute approximate surface area is 103 Å². The van der Waals surface area contributed by atoms with Crippen LogP contribution >= 0.6 is 0 Å². The Bertz CT molecular complexity index is 417. The van der Waals surface area contributed by atoms with Crippen molar-refractivity contribution < 1.29 is 0 Å². The normalized spacial score (nSPS) is 11.4. The van der Waals surface area contributed by atoms with Crippen LogP contribution in [0.3, 0.4) is 0 Å². The standard InChI is InChI=1S/C13H10.Po/c1-3-7-12-10(5-1)9-11-6-2-4-8-13(11)12;/h1-8H,9H2;. The van der Waals surface area contributed by atoms with Crippen LogP contribution in [0.1, 0.15) is 11.1 Å². The summed E-state index contributed by atoms with van der Waals surface area (Å²) in [7, 11) is 0. The van der Waals surface area contributed by atoms with Gasteiger partial charge in [0.15, 0.2) is 0 Å². The van der Waals surface area contributed by atoms with Crippen LogP contribution in [0.5, 0.6) is 0 Å². The third-order valence-electron chi connectivity index (χ3n) is 2.71. The van der Waals surface area contributed by atoms with Crippen molar-refractivity contribution in [1.82, 2.24) is 0 Å². The number of benzene rings is 2. The van der Waals surface area contributed by atoms with E-state index in [1.807, 2.05) is 0 Å². The zero-order valence-corrected chi connectivity index (χ0v) is 10.9. The molecule has 14 heavy (non-hydrogen) atoms. The molecule has 0 fully saturated rings. The van der Waals surface area contributed by atoms with Crippen LogP contribution in [-0.2, 0) is 6.42 Å². The minimum absolute atomic E-state index is 0. The Morgan fingerprint density at radius 3 is 1.57 bits per heavy atom. The van der Waals surface area contributed by atoms with Crippen LogP contribution in [0, 0.1) is 0 Å². The van der Waals surface area contributed by atoms with E-state index in [2.05, 4.69) is 48.5 Å². The molecule has 1 aliphatic rings. The summed E-state index contributed by atoms with van der Waals surface area (Å²) in [5.74, 6) is 0. The monoisotopic (exact) mass is 375 g/mol. The van der Waals surface area contributed by atoms with Crippen molar-refractivity contribution in [2.45, 2.75) is 6.42 Å². The van der Waals surface area contributed by atoms with Gasteiger partial charge < -0.3 is 0 Å². The third kappa shape index (κ3) is 1.41. The number of hydrogen-bond acceptors (Lipinski definition) is 0. The third-order valence-corrected chi connectivity index (χ3v) is 2.71. The van der Waals surface area contributed by atoms with Crippen molar-refractivity contribution in [2.75, 3.05) is 0 Å². The number of hydrogen-bond donors (Lipinski definition) is 0. The first-order chi connectivity index (χ1) is 6.45. The second-order valence-electron chi connectivity index (χ2n) is 3.49. The molecule has 0 atom stereocenters. The molecule has 0 bridgehead atoms. The molecule has 0 saturated heterocycles. The van der Waals surface area contributed by atoms with E-state index in [1.54, 1.807) is 0 Å². The van der Waals surface area contributed by atoms with Crippen LogP contribution in [0.15, 0.2) is 48.5 Å². The van der Waals surface area contributed by atoms with Crippen LogP contribution in [0.25, 0.3) is 11.1 Å². The molecule has 1 heteroatoms. The fourth-order valence-corrected chi connectivity index (χ4v) is 2.08. The Balaban J connectivity index is 0.000000750. The van der Waals surface area contributed by atoms with E-state index < -0.39 is 0 Å². The average molecular weight is 375 g/mol. The van der Waals surface area contributed by atoms with E-state index in [0.29, 0.717) is 0 Å². The molecule has 3 rings (SSSR count). The predicted octanol–water partition coefficient (Wildman–Crippen LogP) is 2.88. The van der Waals surface area contributed by atoms with Crippen molar-refractivity contribution in [3.63, 3.8) is 0 Å². The Hall–Kier alpha value is -0.664. The Morgan fingerprint density at radius 2 is 1.07 bits per heavy atom. The van der Waals surface area contributed by atoms with Gasteiger partial charge in [0.1, 0.15) is 0 Å². The summed E-state index contributed by atoms with van der Waals surface area (Å²) in [5.41, 5.74) is 5.75. The Kier molecular flexibility index (Phi) is 2.70. The van der Waals surface area contributed by atoms with Crippen molar-refractivity contribution in [3.8, 4) is 11.1 Å². The smallest absolute Gasteiger partial charge is 0 e. The van der Waals surface area contributed by atoms with Crippen LogP contribution in [0.4, 0.5) is 0 Å². The van der Waals surface area contributed by atoms with Crippen molar-refractivity contribution in [3.05, 3.63) is 59.7 Å². The Morgan fingerprint density at radius 1 is 0.643 bits per heavy atom. The second kappa shape index (κ2) is 3.83. The molecule has 0 aliphatic heterocycles. The van der Waals surface area contributed by atoms with Crippen molar-refractivity contribution in [1.29, 1.82) is 0 Å². The molecule has 0 saturated carbocycles. The minimum Gasteiger partial charge on any atom is -0.0619 e. The van der Waals surface area contributed by atoms with Gasteiger partial charge in [-0.1, -0.05) is 48.5 Å². The quantitative estimate of drug-likeness (QED) is 0.567.